The van der Waals surface area contributed by atoms with Gasteiger partial charge in [-0.2, -0.15) is 5.10 Å². The molecule has 0 aliphatic heterocycles. The van der Waals surface area contributed by atoms with Crippen molar-refractivity contribution in [1.82, 2.24) is 9.78 Å². The van der Waals surface area contributed by atoms with Crippen LogP contribution < -0.4 is 4.72 Å². The molecule has 2 N–H and O–H groups in total. The topological polar surface area (TPSA) is 84.2 Å². The van der Waals surface area contributed by atoms with Gasteiger partial charge in [0, 0.05) is 12.2 Å². The van der Waals surface area contributed by atoms with Gasteiger partial charge in [0.1, 0.15) is 5.25 Å². The molecule has 0 bridgehead atoms. The van der Waals surface area contributed by atoms with Crippen molar-refractivity contribution in [2.45, 2.75) is 32.1 Å². The standard InChI is InChI=1S/C9H17N3O3S/c1-7(2)12-5-9(4-10-12)11-16(14,15)8(3)6-13/h4-5,7-8,11,13H,6H2,1-3H3. The highest BCUT2D eigenvalue weighted by Gasteiger charge is 2.20. The van der Waals surface area contributed by atoms with Crippen LogP contribution in [0.3, 0.4) is 0 Å². The van der Waals surface area contributed by atoms with Gasteiger partial charge in [-0.05, 0) is 20.8 Å². The lowest BCUT2D eigenvalue weighted by atomic mass is 10.4. The number of hydrogen-bond acceptors (Lipinski definition) is 4. The lowest BCUT2D eigenvalue weighted by molar-refractivity contribution is 0.296. The number of aliphatic hydroxyl groups excluding tert-OH is 1. The van der Waals surface area contributed by atoms with Crippen LogP contribution in [0.4, 0.5) is 5.69 Å². The maximum absolute atomic E-state index is 11.6. The van der Waals surface area contributed by atoms with Crippen LogP contribution >= 0.6 is 0 Å². The van der Waals surface area contributed by atoms with Crippen molar-refractivity contribution in [3.05, 3.63) is 12.4 Å². The van der Waals surface area contributed by atoms with Crippen LogP contribution in [0.2, 0.25) is 0 Å². The Morgan fingerprint density at radius 3 is 2.56 bits per heavy atom. The largest absolute Gasteiger partial charge is 0.395 e. The fraction of sp³-hybridized carbons (Fsp3) is 0.667. The van der Waals surface area contributed by atoms with E-state index in [-0.39, 0.29) is 6.04 Å². The highest BCUT2D eigenvalue weighted by Crippen LogP contribution is 2.13. The molecule has 16 heavy (non-hydrogen) atoms. The van der Waals surface area contributed by atoms with Crippen LogP contribution in [-0.4, -0.2) is 35.2 Å². The number of rotatable bonds is 5. The average molecular weight is 247 g/mol. The normalized spacial score (nSPS) is 14.1. The molecule has 0 saturated carbocycles. The summed E-state index contributed by atoms with van der Waals surface area (Å²) < 4.78 is 27.2. The molecule has 0 spiro atoms. The number of nitrogens with zero attached hydrogens (tertiary/aromatic N) is 2. The SMILES string of the molecule is CC(C)n1cc(NS(=O)(=O)C(C)CO)cn1. The van der Waals surface area contributed by atoms with Crippen molar-refractivity contribution in [3.63, 3.8) is 0 Å². The highest BCUT2D eigenvalue weighted by atomic mass is 32.2. The van der Waals surface area contributed by atoms with E-state index in [9.17, 15) is 8.42 Å². The molecule has 7 heteroatoms. The molecule has 0 aliphatic carbocycles. The van der Waals surface area contributed by atoms with Gasteiger partial charge in [-0.3, -0.25) is 9.40 Å². The van der Waals surface area contributed by atoms with Crippen molar-refractivity contribution in [2.24, 2.45) is 0 Å². The van der Waals surface area contributed by atoms with Crippen LogP contribution in [0.25, 0.3) is 0 Å². The van der Waals surface area contributed by atoms with Gasteiger partial charge in [0.05, 0.1) is 18.5 Å². The molecule has 1 aromatic heterocycles. The summed E-state index contributed by atoms with van der Waals surface area (Å²) in [7, 11) is -3.53. The van der Waals surface area contributed by atoms with Gasteiger partial charge < -0.3 is 5.11 Å². The molecule has 0 aliphatic rings. The predicted molar refractivity (Wildman–Crippen MR) is 61.7 cm³/mol. The van der Waals surface area contributed by atoms with Crippen molar-refractivity contribution in [1.29, 1.82) is 0 Å². The minimum absolute atomic E-state index is 0.175. The van der Waals surface area contributed by atoms with E-state index in [1.54, 1.807) is 10.9 Å². The fourth-order valence-corrected chi connectivity index (χ4v) is 1.87. The highest BCUT2D eigenvalue weighted by molar-refractivity contribution is 7.93. The molecule has 0 saturated heterocycles. The van der Waals surface area contributed by atoms with Gasteiger partial charge >= 0.3 is 0 Å². The van der Waals surface area contributed by atoms with Gasteiger partial charge in [-0.15, -0.1) is 0 Å². The summed E-state index contributed by atoms with van der Waals surface area (Å²) in [5.41, 5.74) is 0.411. The van der Waals surface area contributed by atoms with Crippen molar-refractivity contribution >= 4 is 15.7 Å². The Bertz CT molecular complexity index is 439. The van der Waals surface area contributed by atoms with Crippen LogP contribution in [0, 0.1) is 0 Å². The lowest BCUT2D eigenvalue weighted by Gasteiger charge is -2.10. The Morgan fingerprint density at radius 2 is 2.12 bits per heavy atom. The molecule has 1 heterocycles. The minimum Gasteiger partial charge on any atom is -0.395 e. The Hall–Kier alpha value is -1.08. The van der Waals surface area contributed by atoms with Gasteiger partial charge in [-0.25, -0.2) is 8.42 Å². The Labute approximate surface area is 95.3 Å². The third-order valence-corrected chi connectivity index (χ3v) is 3.91. The quantitative estimate of drug-likeness (QED) is 0.797. The molecule has 1 unspecified atom stereocenters. The Morgan fingerprint density at radius 1 is 1.50 bits per heavy atom. The summed E-state index contributed by atoms with van der Waals surface area (Å²) in [5, 5.41) is 12.0. The Balaban J connectivity index is 2.81. The van der Waals surface area contributed by atoms with E-state index in [4.69, 9.17) is 5.11 Å². The summed E-state index contributed by atoms with van der Waals surface area (Å²) >= 11 is 0. The first-order chi connectivity index (χ1) is 7.36. The molecule has 1 rings (SSSR count). The zero-order chi connectivity index (χ0) is 12.3. The molecule has 1 aromatic rings. The summed E-state index contributed by atoms with van der Waals surface area (Å²) in [4.78, 5) is 0. The number of aliphatic hydroxyl groups is 1. The van der Waals surface area contributed by atoms with E-state index in [1.807, 2.05) is 13.8 Å². The zero-order valence-electron chi connectivity index (χ0n) is 9.58. The van der Waals surface area contributed by atoms with Crippen LogP contribution in [0.5, 0.6) is 0 Å². The van der Waals surface area contributed by atoms with Crippen molar-refractivity contribution < 1.29 is 13.5 Å². The van der Waals surface area contributed by atoms with Gasteiger partial charge in [0.2, 0.25) is 10.0 Å². The van der Waals surface area contributed by atoms with Gasteiger partial charge in [0.15, 0.2) is 0 Å². The number of nitrogens with one attached hydrogen (secondary N) is 1. The summed E-state index contributed by atoms with van der Waals surface area (Å²) in [6, 6.07) is 0.175. The number of sulfonamides is 1. The number of hydrogen-bond donors (Lipinski definition) is 2. The monoisotopic (exact) mass is 247 g/mol. The summed E-state index contributed by atoms with van der Waals surface area (Å²) in [6.45, 7) is 4.92. The first-order valence-electron chi connectivity index (χ1n) is 5.03. The Kier molecular flexibility index (Phi) is 3.93. The fourth-order valence-electron chi connectivity index (χ4n) is 1.04. The molecular formula is C9H17N3O3S. The molecule has 0 amide bonds. The molecule has 0 fully saturated rings. The maximum Gasteiger partial charge on any atom is 0.237 e. The molecule has 6 nitrogen and oxygen atoms in total. The maximum atomic E-state index is 11.6. The van der Waals surface area contributed by atoms with Gasteiger partial charge in [-0.1, -0.05) is 0 Å². The van der Waals surface area contributed by atoms with E-state index in [2.05, 4.69) is 9.82 Å². The number of anilines is 1. The van der Waals surface area contributed by atoms with Crippen molar-refractivity contribution in [3.8, 4) is 0 Å². The minimum atomic E-state index is -3.53. The third kappa shape index (κ3) is 2.96. The van der Waals surface area contributed by atoms with Crippen LogP contribution in [0.1, 0.15) is 26.8 Å². The second-order valence-electron chi connectivity index (χ2n) is 3.94. The first-order valence-corrected chi connectivity index (χ1v) is 6.58. The average Bonchev–Trinajstić information content (AvgIpc) is 2.64. The first kappa shape index (κ1) is 13.0. The van der Waals surface area contributed by atoms with E-state index in [0.717, 1.165) is 0 Å². The number of aromatic nitrogens is 2. The second-order valence-corrected chi connectivity index (χ2v) is 6.04. The van der Waals surface area contributed by atoms with Crippen LogP contribution in [0.15, 0.2) is 12.4 Å². The summed E-state index contributed by atoms with van der Waals surface area (Å²) in [5.74, 6) is 0. The van der Waals surface area contributed by atoms with E-state index < -0.39 is 21.9 Å². The smallest absolute Gasteiger partial charge is 0.237 e. The lowest BCUT2D eigenvalue weighted by Crippen LogP contribution is -2.27. The van der Waals surface area contributed by atoms with E-state index in [1.165, 1.54) is 13.1 Å². The van der Waals surface area contributed by atoms with E-state index in [0.29, 0.717) is 5.69 Å². The molecule has 0 radical (unpaired) electrons. The third-order valence-electron chi connectivity index (χ3n) is 2.18. The van der Waals surface area contributed by atoms with Crippen molar-refractivity contribution in [2.75, 3.05) is 11.3 Å². The summed E-state index contributed by atoms with van der Waals surface area (Å²) in [6.07, 6.45) is 3.06. The van der Waals surface area contributed by atoms with Crippen LogP contribution in [-0.2, 0) is 10.0 Å². The molecule has 1 atom stereocenters. The molecule has 0 aromatic carbocycles. The van der Waals surface area contributed by atoms with E-state index >= 15 is 0 Å². The molecule has 92 valence electrons. The zero-order valence-corrected chi connectivity index (χ0v) is 10.4. The van der Waals surface area contributed by atoms with Gasteiger partial charge in [0.25, 0.3) is 0 Å². The second kappa shape index (κ2) is 4.84. The predicted octanol–water partition coefficient (Wildman–Crippen LogP) is 0.586. The molecular weight excluding hydrogens is 230 g/mol.